The summed E-state index contributed by atoms with van der Waals surface area (Å²) >= 11 is 6.13. The van der Waals surface area contributed by atoms with E-state index in [1.807, 2.05) is 24.0 Å². The summed E-state index contributed by atoms with van der Waals surface area (Å²) in [6, 6.07) is 6.15. The number of hydrogen-bond donors (Lipinski definition) is 0. The van der Waals surface area contributed by atoms with Crippen LogP contribution in [0.5, 0.6) is 0 Å². The monoisotopic (exact) mass is 281 g/mol. The Hall–Kier alpha value is -1.06. The molecule has 0 bridgehead atoms. The molecule has 0 aliphatic carbocycles. The minimum absolute atomic E-state index is 0.236. The lowest BCUT2D eigenvalue weighted by Gasteiger charge is -2.16. The number of ether oxygens (including phenoxy) is 1. The van der Waals surface area contributed by atoms with Gasteiger partial charge in [0.05, 0.1) is 6.61 Å². The van der Waals surface area contributed by atoms with Crippen molar-refractivity contribution in [3.05, 3.63) is 34.3 Å². The molecule has 0 radical (unpaired) electrons. The molecule has 0 saturated carbocycles. The molecule has 1 aromatic carbocycles. The molecule has 0 aromatic heterocycles. The van der Waals surface area contributed by atoms with E-state index in [0.29, 0.717) is 25.5 Å². The molecule has 0 unspecified atom stereocenters. The van der Waals surface area contributed by atoms with Gasteiger partial charge in [-0.15, -0.1) is 0 Å². The lowest BCUT2D eigenvalue weighted by molar-refractivity contribution is -0.128. The van der Waals surface area contributed by atoms with E-state index in [4.69, 9.17) is 16.3 Å². The van der Waals surface area contributed by atoms with Crippen molar-refractivity contribution in [3.63, 3.8) is 0 Å². The number of halogens is 1. The lowest BCUT2D eigenvalue weighted by atomic mass is 9.98. The molecule has 1 saturated heterocycles. The fourth-order valence-corrected chi connectivity index (χ4v) is 2.71. The van der Waals surface area contributed by atoms with Crippen LogP contribution in [-0.4, -0.2) is 37.6 Å². The van der Waals surface area contributed by atoms with Crippen LogP contribution < -0.4 is 0 Å². The molecule has 19 heavy (non-hydrogen) atoms. The number of methoxy groups -OCH3 is 1. The van der Waals surface area contributed by atoms with Crippen LogP contribution in [0.1, 0.15) is 17.5 Å². The molecule has 1 aromatic rings. The van der Waals surface area contributed by atoms with Gasteiger partial charge in [0, 0.05) is 31.6 Å². The summed E-state index contributed by atoms with van der Waals surface area (Å²) in [5.41, 5.74) is 2.30. The molecule has 0 N–H and O–H groups in total. The first-order chi connectivity index (χ1) is 9.10. The van der Waals surface area contributed by atoms with E-state index in [-0.39, 0.29) is 5.91 Å². The number of amides is 1. The molecular weight excluding hydrogens is 262 g/mol. The van der Waals surface area contributed by atoms with E-state index >= 15 is 0 Å². The van der Waals surface area contributed by atoms with E-state index < -0.39 is 0 Å². The summed E-state index contributed by atoms with van der Waals surface area (Å²) in [6.07, 6.45) is 1.55. The summed E-state index contributed by atoms with van der Waals surface area (Å²) in [5.74, 6) is 0.628. The molecule has 1 atom stereocenters. The van der Waals surface area contributed by atoms with E-state index in [1.165, 1.54) is 5.56 Å². The third-order valence-electron chi connectivity index (χ3n) is 3.62. The highest BCUT2D eigenvalue weighted by Crippen LogP contribution is 2.24. The molecule has 104 valence electrons. The Bertz CT molecular complexity index is 461. The van der Waals surface area contributed by atoms with Gasteiger partial charge in [0.2, 0.25) is 5.91 Å². The summed E-state index contributed by atoms with van der Waals surface area (Å²) in [5, 5.41) is 0.804. The van der Waals surface area contributed by atoms with Gasteiger partial charge in [0.15, 0.2) is 0 Å². The smallest absolute Gasteiger partial charge is 0.223 e. The summed E-state index contributed by atoms with van der Waals surface area (Å²) in [6.45, 7) is 4.13. The predicted octanol–water partition coefficient (Wildman–Crippen LogP) is 2.69. The third kappa shape index (κ3) is 3.71. The number of carbonyl (C=O) groups is 1. The molecule has 1 fully saturated rings. The summed E-state index contributed by atoms with van der Waals surface area (Å²) < 4.78 is 5.02. The first kappa shape index (κ1) is 14.4. The molecule has 1 aliphatic rings. The largest absolute Gasteiger partial charge is 0.383 e. The Labute approximate surface area is 119 Å². The first-order valence-electron chi connectivity index (χ1n) is 6.62. The topological polar surface area (TPSA) is 29.5 Å². The molecular formula is C15H20ClNO2. The molecule has 0 spiro atoms. The van der Waals surface area contributed by atoms with Gasteiger partial charge >= 0.3 is 0 Å². The molecule has 4 heteroatoms. The molecule has 2 rings (SSSR count). The number of carbonyl (C=O) groups excluding carboxylic acids is 1. The molecule has 1 aliphatic heterocycles. The average Bonchev–Trinajstić information content (AvgIpc) is 2.72. The van der Waals surface area contributed by atoms with Crippen LogP contribution in [0.25, 0.3) is 0 Å². The summed E-state index contributed by atoms with van der Waals surface area (Å²) in [4.78, 5) is 13.7. The average molecular weight is 282 g/mol. The second-order valence-electron chi connectivity index (χ2n) is 5.19. The van der Waals surface area contributed by atoms with Crippen molar-refractivity contribution in [1.29, 1.82) is 0 Å². The zero-order chi connectivity index (χ0) is 13.8. The van der Waals surface area contributed by atoms with Crippen LogP contribution >= 0.6 is 11.6 Å². The zero-order valence-electron chi connectivity index (χ0n) is 11.5. The van der Waals surface area contributed by atoms with Gasteiger partial charge < -0.3 is 9.64 Å². The van der Waals surface area contributed by atoms with Crippen LogP contribution in [-0.2, 0) is 16.0 Å². The maximum Gasteiger partial charge on any atom is 0.223 e. The van der Waals surface area contributed by atoms with Gasteiger partial charge in [-0.05, 0) is 36.5 Å². The molecule has 1 amide bonds. The minimum Gasteiger partial charge on any atom is -0.383 e. The normalized spacial score (nSPS) is 19.2. The van der Waals surface area contributed by atoms with Crippen LogP contribution in [0.2, 0.25) is 5.02 Å². The Morgan fingerprint density at radius 2 is 2.26 bits per heavy atom. The van der Waals surface area contributed by atoms with Gasteiger partial charge in [0.25, 0.3) is 0 Å². The quantitative estimate of drug-likeness (QED) is 0.830. The van der Waals surface area contributed by atoms with Gasteiger partial charge in [-0.2, -0.15) is 0 Å². The van der Waals surface area contributed by atoms with Gasteiger partial charge in [-0.3, -0.25) is 4.79 Å². The van der Waals surface area contributed by atoms with Crippen LogP contribution in [0.4, 0.5) is 0 Å². The maximum atomic E-state index is 11.8. The zero-order valence-corrected chi connectivity index (χ0v) is 12.2. The highest BCUT2D eigenvalue weighted by molar-refractivity contribution is 6.31. The van der Waals surface area contributed by atoms with Gasteiger partial charge in [-0.1, -0.05) is 23.7 Å². The van der Waals surface area contributed by atoms with E-state index in [9.17, 15) is 4.79 Å². The number of likely N-dealkylation sites (tertiary alicyclic amines) is 1. The Balaban J connectivity index is 1.93. The fourth-order valence-electron chi connectivity index (χ4n) is 2.50. The number of benzene rings is 1. The molecule has 3 nitrogen and oxygen atoms in total. The standard InChI is InChI=1S/C15H20ClNO2/c1-11-3-4-12(8-14(11)16)7-13-9-15(18)17(10-13)5-6-19-2/h3-4,8,13H,5-7,9-10H2,1-2H3/t13-/m0/s1. The van der Waals surface area contributed by atoms with Gasteiger partial charge in [-0.25, -0.2) is 0 Å². The number of nitrogens with zero attached hydrogens (tertiary/aromatic N) is 1. The van der Waals surface area contributed by atoms with Crippen LogP contribution in [0, 0.1) is 12.8 Å². The Morgan fingerprint density at radius 1 is 1.47 bits per heavy atom. The van der Waals surface area contributed by atoms with E-state index in [1.54, 1.807) is 7.11 Å². The van der Waals surface area contributed by atoms with Crippen molar-refractivity contribution in [3.8, 4) is 0 Å². The van der Waals surface area contributed by atoms with Crippen LogP contribution in [0.15, 0.2) is 18.2 Å². The Morgan fingerprint density at radius 3 is 2.95 bits per heavy atom. The van der Waals surface area contributed by atoms with Crippen molar-refractivity contribution in [2.24, 2.45) is 5.92 Å². The van der Waals surface area contributed by atoms with Crippen molar-refractivity contribution < 1.29 is 9.53 Å². The highest BCUT2D eigenvalue weighted by atomic mass is 35.5. The fraction of sp³-hybridized carbons (Fsp3) is 0.533. The molecule has 1 heterocycles. The number of aryl methyl sites for hydroxylation is 1. The van der Waals surface area contributed by atoms with E-state index in [0.717, 1.165) is 23.6 Å². The third-order valence-corrected chi connectivity index (χ3v) is 4.03. The Kier molecular flexibility index (Phi) is 4.83. The maximum absolute atomic E-state index is 11.8. The first-order valence-corrected chi connectivity index (χ1v) is 6.99. The lowest BCUT2D eigenvalue weighted by Crippen LogP contribution is -2.28. The highest BCUT2D eigenvalue weighted by Gasteiger charge is 2.29. The van der Waals surface area contributed by atoms with E-state index in [2.05, 4.69) is 6.07 Å². The second-order valence-corrected chi connectivity index (χ2v) is 5.60. The minimum atomic E-state index is 0.236. The predicted molar refractivity (Wildman–Crippen MR) is 76.5 cm³/mol. The van der Waals surface area contributed by atoms with Crippen molar-refractivity contribution in [2.75, 3.05) is 26.8 Å². The van der Waals surface area contributed by atoms with Crippen molar-refractivity contribution in [1.82, 2.24) is 4.90 Å². The number of rotatable bonds is 5. The second kappa shape index (κ2) is 6.40. The van der Waals surface area contributed by atoms with Crippen molar-refractivity contribution >= 4 is 17.5 Å². The SMILES string of the molecule is COCCN1C[C@@H](Cc2ccc(C)c(Cl)c2)CC1=O. The van der Waals surface area contributed by atoms with Gasteiger partial charge in [0.1, 0.15) is 0 Å². The number of hydrogen-bond acceptors (Lipinski definition) is 2. The van der Waals surface area contributed by atoms with Crippen molar-refractivity contribution in [2.45, 2.75) is 19.8 Å². The van der Waals surface area contributed by atoms with Crippen LogP contribution in [0.3, 0.4) is 0 Å². The summed E-state index contributed by atoms with van der Waals surface area (Å²) in [7, 11) is 1.66.